The van der Waals surface area contributed by atoms with Crippen LogP contribution in [0.25, 0.3) is 0 Å². The Kier molecular flexibility index (Phi) is 2.38. The van der Waals surface area contributed by atoms with Crippen LogP contribution in [0.15, 0.2) is 0 Å². The summed E-state index contributed by atoms with van der Waals surface area (Å²) in [4.78, 5) is 0. The minimum atomic E-state index is 0.820. The first-order valence-electron chi connectivity index (χ1n) is 7.98. The van der Waals surface area contributed by atoms with E-state index in [4.69, 9.17) is 0 Å². The molecule has 2 unspecified atom stereocenters. The van der Waals surface area contributed by atoms with Crippen LogP contribution in [0.2, 0.25) is 0 Å². The molecule has 5 aliphatic rings. The molecule has 0 heterocycles. The fraction of sp³-hybridized carbons (Fsp3) is 1.00. The molecule has 5 aliphatic carbocycles. The van der Waals surface area contributed by atoms with Gasteiger partial charge in [-0.05, 0) is 81.1 Å². The lowest BCUT2D eigenvalue weighted by Crippen LogP contribution is -2.59. The lowest BCUT2D eigenvalue weighted by atomic mass is 9.45. The van der Waals surface area contributed by atoms with Crippen LogP contribution in [0.1, 0.15) is 57.8 Å². The zero-order valence-corrected chi connectivity index (χ0v) is 11.3. The largest absolute Gasteiger partial charge is 0.316 e. The van der Waals surface area contributed by atoms with E-state index in [1.807, 2.05) is 0 Å². The molecule has 2 atom stereocenters. The highest BCUT2D eigenvalue weighted by Gasteiger charge is 2.57. The van der Waals surface area contributed by atoms with Gasteiger partial charge in [0.15, 0.2) is 0 Å². The molecule has 0 aromatic rings. The molecule has 0 saturated heterocycles. The third kappa shape index (κ3) is 1.47. The average Bonchev–Trinajstić information content (AvgIpc) is 2.82. The van der Waals surface area contributed by atoms with Gasteiger partial charge >= 0.3 is 0 Å². The van der Waals surface area contributed by atoms with E-state index in [0.29, 0.717) is 0 Å². The van der Waals surface area contributed by atoms with Gasteiger partial charge in [-0.2, -0.15) is 0 Å². The van der Waals surface area contributed by atoms with Crippen LogP contribution < -0.4 is 5.32 Å². The van der Waals surface area contributed by atoms with Crippen molar-refractivity contribution in [1.29, 1.82) is 0 Å². The summed E-state index contributed by atoms with van der Waals surface area (Å²) in [5.74, 6) is 4.30. The van der Waals surface area contributed by atoms with E-state index in [1.165, 1.54) is 12.8 Å². The van der Waals surface area contributed by atoms with E-state index in [1.54, 1.807) is 44.9 Å². The Balaban J connectivity index is 1.63. The summed E-state index contributed by atoms with van der Waals surface area (Å²) in [5, 5.41) is 3.65. The summed E-state index contributed by atoms with van der Waals surface area (Å²) in [6.07, 6.45) is 14.1. The zero-order chi connectivity index (χ0) is 11.5. The van der Waals surface area contributed by atoms with E-state index in [0.717, 1.165) is 35.1 Å². The molecule has 96 valence electrons. The number of hydrogen-bond acceptors (Lipinski definition) is 1. The Morgan fingerprint density at radius 1 is 0.941 bits per heavy atom. The van der Waals surface area contributed by atoms with Crippen LogP contribution in [0.3, 0.4) is 0 Å². The number of hydrogen-bond donors (Lipinski definition) is 1. The van der Waals surface area contributed by atoms with Gasteiger partial charge in [-0.25, -0.2) is 0 Å². The van der Waals surface area contributed by atoms with Crippen LogP contribution >= 0.6 is 0 Å². The molecule has 1 heteroatoms. The van der Waals surface area contributed by atoms with E-state index in [9.17, 15) is 0 Å². The molecule has 0 radical (unpaired) electrons. The normalized spacial score (nSPS) is 53.5. The predicted octanol–water partition coefficient (Wildman–Crippen LogP) is 3.59. The Bertz CT molecular complexity index is 289. The maximum Gasteiger partial charge on any atom is 0.0121 e. The van der Waals surface area contributed by atoms with Gasteiger partial charge in [0.25, 0.3) is 0 Å². The highest BCUT2D eigenvalue weighted by atomic mass is 14.9. The molecule has 17 heavy (non-hydrogen) atoms. The first kappa shape index (κ1) is 10.8. The average molecular weight is 233 g/mol. The van der Waals surface area contributed by atoms with Crippen LogP contribution in [0.5, 0.6) is 0 Å². The SMILES string of the molecule is CNC1C2CC3CC1CC(C1CCCC1)(C3)C2. The maximum absolute atomic E-state index is 3.65. The van der Waals surface area contributed by atoms with Crippen LogP contribution in [-0.4, -0.2) is 13.1 Å². The minimum Gasteiger partial charge on any atom is -0.316 e. The second-order valence-corrected chi connectivity index (χ2v) is 7.63. The van der Waals surface area contributed by atoms with Crippen molar-refractivity contribution in [3.8, 4) is 0 Å². The molecule has 1 nitrogen and oxygen atoms in total. The molecule has 0 aliphatic heterocycles. The molecule has 5 fully saturated rings. The minimum absolute atomic E-state index is 0.820. The van der Waals surface area contributed by atoms with Gasteiger partial charge in [0.05, 0.1) is 0 Å². The summed E-state index contributed by atoms with van der Waals surface area (Å²) >= 11 is 0. The summed E-state index contributed by atoms with van der Waals surface area (Å²) < 4.78 is 0. The Hall–Kier alpha value is -0.0400. The van der Waals surface area contributed by atoms with Crippen molar-refractivity contribution in [1.82, 2.24) is 5.32 Å². The second-order valence-electron chi connectivity index (χ2n) is 7.63. The lowest BCUT2D eigenvalue weighted by molar-refractivity contribution is -0.104. The molecule has 0 amide bonds. The molecular weight excluding hydrogens is 206 g/mol. The van der Waals surface area contributed by atoms with Gasteiger partial charge in [0.1, 0.15) is 0 Å². The molecule has 0 spiro atoms. The van der Waals surface area contributed by atoms with Gasteiger partial charge in [0, 0.05) is 6.04 Å². The third-order valence-corrected chi connectivity index (χ3v) is 6.88. The molecule has 5 rings (SSSR count). The summed E-state index contributed by atoms with van der Waals surface area (Å²) in [7, 11) is 2.20. The van der Waals surface area contributed by atoms with Crippen molar-refractivity contribution in [2.75, 3.05) is 7.05 Å². The van der Waals surface area contributed by atoms with E-state index in [2.05, 4.69) is 12.4 Å². The number of rotatable bonds is 2. The number of nitrogens with one attached hydrogen (secondary N) is 1. The topological polar surface area (TPSA) is 12.0 Å². The van der Waals surface area contributed by atoms with E-state index < -0.39 is 0 Å². The first-order chi connectivity index (χ1) is 8.31. The van der Waals surface area contributed by atoms with Gasteiger partial charge in [-0.15, -0.1) is 0 Å². The van der Waals surface area contributed by atoms with E-state index >= 15 is 0 Å². The van der Waals surface area contributed by atoms with E-state index in [-0.39, 0.29) is 0 Å². The second kappa shape index (κ2) is 3.73. The lowest BCUT2D eigenvalue weighted by Gasteiger charge is -2.62. The molecule has 0 aromatic heterocycles. The standard InChI is InChI=1S/C16H27N/c1-17-15-12-6-11-7-13(15)10-16(8-11,9-12)14-4-2-3-5-14/h11-15,17H,2-10H2,1H3. The predicted molar refractivity (Wildman–Crippen MR) is 70.8 cm³/mol. The first-order valence-corrected chi connectivity index (χ1v) is 7.98. The monoisotopic (exact) mass is 233 g/mol. The third-order valence-electron chi connectivity index (χ3n) is 6.88. The molecular formula is C16H27N. The molecule has 4 bridgehead atoms. The van der Waals surface area contributed by atoms with Crippen molar-refractivity contribution in [3.05, 3.63) is 0 Å². The van der Waals surface area contributed by atoms with Crippen molar-refractivity contribution < 1.29 is 0 Å². The highest BCUT2D eigenvalue weighted by Crippen LogP contribution is 2.64. The van der Waals surface area contributed by atoms with Crippen molar-refractivity contribution in [2.45, 2.75) is 63.8 Å². The van der Waals surface area contributed by atoms with Crippen molar-refractivity contribution in [2.24, 2.45) is 29.1 Å². The smallest absolute Gasteiger partial charge is 0.0121 e. The van der Waals surface area contributed by atoms with Crippen LogP contribution in [-0.2, 0) is 0 Å². The molecule has 5 saturated carbocycles. The van der Waals surface area contributed by atoms with Crippen LogP contribution in [0, 0.1) is 29.1 Å². The van der Waals surface area contributed by atoms with Gasteiger partial charge in [0.2, 0.25) is 0 Å². The summed E-state index contributed by atoms with van der Waals surface area (Å²) in [5.41, 5.74) is 0.820. The highest BCUT2D eigenvalue weighted by molar-refractivity contribution is 5.09. The Morgan fingerprint density at radius 3 is 2.18 bits per heavy atom. The summed E-state index contributed by atoms with van der Waals surface area (Å²) in [6, 6.07) is 0.876. The Labute approximate surface area is 106 Å². The quantitative estimate of drug-likeness (QED) is 0.768. The van der Waals surface area contributed by atoms with Crippen LogP contribution in [0.4, 0.5) is 0 Å². The maximum atomic E-state index is 3.65. The Morgan fingerprint density at radius 2 is 1.59 bits per heavy atom. The summed E-state index contributed by atoms with van der Waals surface area (Å²) in [6.45, 7) is 0. The molecule has 1 N–H and O–H groups in total. The van der Waals surface area contributed by atoms with Gasteiger partial charge in [-0.3, -0.25) is 0 Å². The van der Waals surface area contributed by atoms with Gasteiger partial charge < -0.3 is 5.32 Å². The van der Waals surface area contributed by atoms with Crippen molar-refractivity contribution in [3.63, 3.8) is 0 Å². The zero-order valence-electron chi connectivity index (χ0n) is 11.3. The fourth-order valence-electron chi connectivity index (χ4n) is 6.60. The molecule has 0 aromatic carbocycles. The fourth-order valence-corrected chi connectivity index (χ4v) is 6.60. The van der Waals surface area contributed by atoms with Gasteiger partial charge in [-0.1, -0.05) is 12.8 Å². The van der Waals surface area contributed by atoms with Crippen molar-refractivity contribution >= 4 is 0 Å².